The molecule has 0 bridgehead atoms. The van der Waals surface area contributed by atoms with Gasteiger partial charge in [0.05, 0.1) is 18.6 Å². The second-order valence-corrected chi connectivity index (χ2v) is 9.73. The van der Waals surface area contributed by atoms with Gasteiger partial charge in [-0.3, -0.25) is 9.59 Å². The molecule has 3 aliphatic rings. The normalized spacial score (nSPS) is 27.1. The smallest absolute Gasteiger partial charge is 0.247 e. The summed E-state index contributed by atoms with van der Waals surface area (Å²) in [6, 6.07) is 6.92. The molecule has 1 aromatic carbocycles. The minimum Gasteiger partial charge on any atom is -0.486 e. The zero-order valence-electron chi connectivity index (χ0n) is 19.6. The predicted octanol–water partition coefficient (Wildman–Crippen LogP) is 2.52. The summed E-state index contributed by atoms with van der Waals surface area (Å²) in [5.74, 6) is -0.291. The summed E-state index contributed by atoms with van der Waals surface area (Å²) in [5.41, 5.74) is 1.35. The Balaban J connectivity index is 1.76. The fraction of sp³-hybridized carbons (Fsp3) is 0.615. The molecule has 3 N–H and O–H groups in total. The van der Waals surface area contributed by atoms with E-state index in [0.29, 0.717) is 11.3 Å². The summed E-state index contributed by atoms with van der Waals surface area (Å²) in [6.07, 6.45) is 6.39. The molecule has 7 nitrogen and oxygen atoms in total. The first kappa shape index (κ1) is 23.8. The number of nitrogens with one attached hydrogen (secondary N) is 1. The van der Waals surface area contributed by atoms with Gasteiger partial charge in [0.25, 0.3) is 0 Å². The number of aliphatic hydroxyl groups is 2. The van der Waals surface area contributed by atoms with Crippen LogP contribution in [0.4, 0.5) is 0 Å². The molecule has 4 unspecified atom stereocenters. The minimum atomic E-state index is -0.956. The van der Waals surface area contributed by atoms with Gasteiger partial charge >= 0.3 is 0 Å². The average Bonchev–Trinajstić information content (AvgIpc) is 3.00. The Morgan fingerprint density at radius 3 is 2.52 bits per heavy atom. The topological polar surface area (TPSA) is 99.1 Å². The summed E-state index contributed by atoms with van der Waals surface area (Å²) in [5, 5.41) is 23.5. The maximum Gasteiger partial charge on any atom is 0.247 e. The van der Waals surface area contributed by atoms with Crippen LogP contribution in [0.25, 0.3) is 0 Å². The molecule has 4 atom stereocenters. The largest absolute Gasteiger partial charge is 0.486 e. The highest BCUT2D eigenvalue weighted by atomic mass is 16.5. The van der Waals surface area contributed by atoms with Gasteiger partial charge in [0.15, 0.2) is 0 Å². The van der Waals surface area contributed by atoms with Crippen LogP contribution < -0.4 is 10.1 Å². The Morgan fingerprint density at radius 1 is 1.15 bits per heavy atom. The van der Waals surface area contributed by atoms with Gasteiger partial charge in [-0.2, -0.15) is 0 Å². The molecule has 0 radical (unpaired) electrons. The van der Waals surface area contributed by atoms with E-state index in [1.807, 2.05) is 43.0 Å². The van der Waals surface area contributed by atoms with Crippen LogP contribution in [0, 0.1) is 5.92 Å². The number of ether oxygens (including phenoxy) is 1. The molecule has 4 rings (SSSR count). The molecule has 1 aliphatic heterocycles. The SMILES string of the molecule is CC(C)C(=O)N(C1CCCCCC1)C1C=C(C(=O)NCCO)C2c3ccccc3OC2C1O. The van der Waals surface area contributed by atoms with Crippen LogP contribution in [0.3, 0.4) is 0 Å². The van der Waals surface area contributed by atoms with Gasteiger partial charge in [0.2, 0.25) is 11.8 Å². The van der Waals surface area contributed by atoms with Gasteiger partial charge in [-0.25, -0.2) is 0 Å². The molecule has 2 amide bonds. The molecule has 1 heterocycles. The average molecular weight is 457 g/mol. The lowest BCUT2D eigenvalue weighted by Crippen LogP contribution is -2.59. The van der Waals surface area contributed by atoms with Crippen LogP contribution >= 0.6 is 0 Å². The van der Waals surface area contributed by atoms with Crippen LogP contribution in [-0.4, -0.2) is 64.4 Å². The van der Waals surface area contributed by atoms with Gasteiger partial charge in [-0.1, -0.05) is 57.7 Å². The summed E-state index contributed by atoms with van der Waals surface area (Å²) in [7, 11) is 0. The summed E-state index contributed by atoms with van der Waals surface area (Å²) >= 11 is 0. The molecule has 0 saturated heterocycles. The molecule has 2 aliphatic carbocycles. The van der Waals surface area contributed by atoms with Crippen LogP contribution in [0.5, 0.6) is 5.75 Å². The quantitative estimate of drug-likeness (QED) is 0.572. The van der Waals surface area contributed by atoms with Crippen LogP contribution in [0.1, 0.15) is 63.9 Å². The number of benzene rings is 1. The highest BCUT2D eigenvalue weighted by Crippen LogP contribution is 2.47. The van der Waals surface area contributed by atoms with Gasteiger partial charge in [-0.15, -0.1) is 0 Å². The summed E-state index contributed by atoms with van der Waals surface area (Å²) < 4.78 is 6.18. The van der Waals surface area contributed by atoms with E-state index in [9.17, 15) is 19.8 Å². The van der Waals surface area contributed by atoms with E-state index in [1.165, 1.54) is 0 Å². The van der Waals surface area contributed by atoms with Crippen molar-refractivity contribution in [2.45, 2.75) is 82.6 Å². The third-order valence-electron chi connectivity index (χ3n) is 7.16. The zero-order valence-corrected chi connectivity index (χ0v) is 19.6. The zero-order chi connectivity index (χ0) is 23.5. The molecule has 0 spiro atoms. The van der Waals surface area contributed by atoms with Gasteiger partial charge in [-0.05, 0) is 25.0 Å². The molecule has 1 aromatic rings. The van der Waals surface area contributed by atoms with Crippen molar-refractivity contribution < 1.29 is 24.5 Å². The number of carbonyl (C=O) groups is 2. The number of amides is 2. The molecule has 1 fully saturated rings. The number of aliphatic hydroxyl groups excluding tert-OH is 2. The van der Waals surface area contributed by atoms with Crippen molar-refractivity contribution in [3.05, 3.63) is 41.5 Å². The third-order valence-corrected chi connectivity index (χ3v) is 7.16. The van der Waals surface area contributed by atoms with E-state index in [0.717, 1.165) is 44.1 Å². The highest BCUT2D eigenvalue weighted by Gasteiger charge is 2.51. The van der Waals surface area contributed by atoms with Crippen molar-refractivity contribution in [2.75, 3.05) is 13.2 Å². The molecule has 0 aromatic heterocycles. The lowest BCUT2D eigenvalue weighted by atomic mass is 9.77. The third kappa shape index (κ3) is 4.66. The number of hydrogen-bond donors (Lipinski definition) is 3. The Kier molecular flexibility index (Phi) is 7.39. The van der Waals surface area contributed by atoms with Crippen molar-refractivity contribution in [3.8, 4) is 5.75 Å². The van der Waals surface area contributed by atoms with E-state index in [-0.39, 0.29) is 36.9 Å². The first-order valence-electron chi connectivity index (χ1n) is 12.3. The van der Waals surface area contributed by atoms with Crippen LogP contribution in [-0.2, 0) is 9.59 Å². The van der Waals surface area contributed by atoms with Crippen molar-refractivity contribution >= 4 is 11.8 Å². The molecule has 180 valence electrons. The predicted molar refractivity (Wildman–Crippen MR) is 125 cm³/mol. The minimum absolute atomic E-state index is 0.00808. The van der Waals surface area contributed by atoms with Crippen LogP contribution in [0.15, 0.2) is 35.9 Å². The Hall–Kier alpha value is -2.38. The molecule has 7 heteroatoms. The monoisotopic (exact) mass is 456 g/mol. The van der Waals surface area contributed by atoms with E-state index in [2.05, 4.69) is 5.32 Å². The van der Waals surface area contributed by atoms with E-state index in [4.69, 9.17) is 4.74 Å². The fourth-order valence-electron chi connectivity index (χ4n) is 5.57. The van der Waals surface area contributed by atoms with Crippen LogP contribution in [0.2, 0.25) is 0 Å². The van der Waals surface area contributed by atoms with Crippen molar-refractivity contribution in [1.82, 2.24) is 10.2 Å². The molecular weight excluding hydrogens is 420 g/mol. The number of rotatable bonds is 6. The first-order chi connectivity index (χ1) is 15.9. The number of fused-ring (bicyclic) bond motifs is 3. The van der Waals surface area contributed by atoms with Gasteiger partial charge in [0, 0.05) is 29.6 Å². The maximum absolute atomic E-state index is 13.5. The molecular formula is C26H36N2O5. The fourth-order valence-corrected chi connectivity index (χ4v) is 5.57. The Bertz CT molecular complexity index is 890. The number of hydrogen-bond acceptors (Lipinski definition) is 5. The lowest BCUT2D eigenvalue weighted by molar-refractivity contribution is -0.144. The number of nitrogens with zero attached hydrogens (tertiary/aromatic N) is 1. The Morgan fingerprint density at radius 2 is 1.85 bits per heavy atom. The summed E-state index contributed by atoms with van der Waals surface area (Å²) in [4.78, 5) is 28.5. The Labute approximate surface area is 195 Å². The van der Waals surface area contributed by atoms with E-state index >= 15 is 0 Å². The van der Waals surface area contributed by atoms with E-state index < -0.39 is 24.2 Å². The van der Waals surface area contributed by atoms with Crippen molar-refractivity contribution in [2.24, 2.45) is 5.92 Å². The number of carbonyl (C=O) groups excluding carboxylic acids is 2. The maximum atomic E-state index is 13.5. The number of para-hydroxylation sites is 1. The lowest BCUT2D eigenvalue weighted by Gasteiger charge is -2.44. The van der Waals surface area contributed by atoms with Gasteiger partial charge in [0.1, 0.15) is 18.0 Å². The highest BCUT2D eigenvalue weighted by molar-refractivity contribution is 5.96. The van der Waals surface area contributed by atoms with Crippen molar-refractivity contribution in [1.29, 1.82) is 0 Å². The second-order valence-electron chi connectivity index (χ2n) is 9.73. The summed E-state index contributed by atoms with van der Waals surface area (Å²) in [6.45, 7) is 3.74. The standard InChI is InChI=1S/C26H36N2O5/c1-16(2)26(32)28(17-9-5-3-4-6-10-17)20-15-19(25(31)27-13-14-29)22-18-11-7-8-12-21(18)33-24(22)23(20)30/h7-8,11-12,15-17,20,22-24,29-30H,3-6,9-10,13-14H2,1-2H3,(H,27,31). The van der Waals surface area contributed by atoms with Crippen molar-refractivity contribution in [3.63, 3.8) is 0 Å². The molecule has 33 heavy (non-hydrogen) atoms. The second kappa shape index (κ2) is 10.3. The molecule has 1 saturated carbocycles. The van der Waals surface area contributed by atoms with Gasteiger partial charge < -0.3 is 25.2 Å². The first-order valence-corrected chi connectivity index (χ1v) is 12.3. The van der Waals surface area contributed by atoms with E-state index in [1.54, 1.807) is 6.08 Å².